The monoisotopic (exact) mass is 390 g/mol. The lowest BCUT2D eigenvalue weighted by atomic mass is 10.1. The van der Waals surface area contributed by atoms with Gasteiger partial charge in [0.05, 0.1) is 23.4 Å². The molecule has 0 aliphatic carbocycles. The Hall–Kier alpha value is -0.640. The van der Waals surface area contributed by atoms with Crippen LogP contribution in [0.3, 0.4) is 0 Å². The maximum atomic E-state index is 12.7. The molecular weight excluding hydrogens is 368 g/mol. The number of hydrogen-bond acceptors (Lipinski definition) is 7. The lowest BCUT2D eigenvalue weighted by Gasteiger charge is -2.30. The summed E-state index contributed by atoms with van der Waals surface area (Å²) in [7, 11) is -3.02. The van der Waals surface area contributed by atoms with Gasteiger partial charge in [-0.2, -0.15) is 0 Å². The van der Waals surface area contributed by atoms with E-state index in [4.69, 9.17) is 4.74 Å². The number of ether oxygens (including phenoxy) is 1. The Morgan fingerprint density at radius 2 is 2.33 bits per heavy atom. The third kappa shape index (κ3) is 4.71. The molecule has 9 heteroatoms. The molecular formula is C15H22N2O4S3. The molecule has 0 N–H and O–H groups in total. The van der Waals surface area contributed by atoms with Gasteiger partial charge in [-0.05, 0) is 26.2 Å². The Morgan fingerprint density at radius 1 is 1.50 bits per heavy atom. The second kappa shape index (κ2) is 7.72. The fourth-order valence-corrected chi connectivity index (χ4v) is 6.55. The molecule has 2 saturated heterocycles. The van der Waals surface area contributed by atoms with Crippen molar-refractivity contribution in [2.75, 3.05) is 30.4 Å². The molecule has 2 aliphatic heterocycles. The highest BCUT2D eigenvalue weighted by Crippen LogP contribution is 2.25. The normalized spacial score (nSPS) is 25.9. The average molecular weight is 391 g/mol. The van der Waals surface area contributed by atoms with E-state index in [2.05, 4.69) is 4.98 Å². The van der Waals surface area contributed by atoms with Crippen molar-refractivity contribution in [3.63, 3.8) is 0 Å². The van der Waals surface area contributed by atoms with Crippen LogP contribution in [0.2, 0.25) is 0 Å². The van der Waals surface area contributed by atoms with Crippen LogP contribution in [0, 0.1) is 6.92 Å². The van der Waals surface area contributed by atoms with E-state index in [0.29, 0.717) is 13.0 Å². The first kappa shape index (κ1) is 18.2. The van der Waals surface area contributed by atoms with E-state index >= 15 is 0 Å². The van der Waals surface area contributed by atoms with Crippen LogP contribution in [0.15, 0.2) is 9.72 Å². The van der Waals surface area contributed by atoms with Crippen molar-refractivity contribution < 1.29 is 17.9 Å². The fourth-order valence-electron chi connectivity index (χ4n) is 3.09. The molecule has 1 amide bonds. The van der Waals surface area contributed by atoms with Gasteiger partial charge in [0, 0.05) is 30.3 Å². The Balaban J connectivity index is 1.64. The SMILES string of the molecule is Cc1csc(SCC(=O)N(C[C@H]2CCCO2)[C@@H]2CCS(=O)(=O)C2)n1. The van der Waals surface area contributed by atoms with Gasteiger partial charge in [0.25, 0.3) is 0 Å². The molecule has 3 rings (SSSR count). The van der Waals surface area contributed by atoms with Gasteiger partial charge in [-0.25, -0.2) is 13.4 Å². The predicted octanol–water partition coefficient (Wildman–Crippen LogP) is 1.74. The number of thioether (sulfide) groups is 1. The Morgan fingerprint density at radius 3 is 2.92 bits per heavy atom. The van der Waals surface area contributed by atoms with Gasteiger partial charge in [-0.3, -0.25) is 4.79 Å². The molecule has 0 aromatic carbocycles. The largest absolute Gasteiger partial charge is 0.376 e. The molecule has 6 nitrogen and oxygen atoms in total. The van der Waals surface area contributed by atoms with E-state index in [1.165, 1.54) is 23.1 Å². The molecule has 2 fully saturated rings. The van der Waals surface area contributed by atoms with Gasteiger partial charge in [0.1, 0.15) is 0 Å². The summed E-state index contributed by atoms with van der Waals surface area (Å²) in [5.74, 6) is 0.513. The standard InChI is InChI=1S/C15H22N2O4S3/c1-11-8-22-15(16-11)23-9-14(18)17(7-13-3-2-5-21-13)12-4-6-24(19,20)10-12/h8,12-13H,2-7,9-10H2,1H3/t12-,13-/m1/s1. The molecule has 1 aromatic heterocycles. The van der Waals surface area contributed by atoms with Crippen molar-refractivity contribution in [3.05, 3.63) is 11.1 Å². The van der Waals surface area contributed by atoms with Crippen LogP contribution in [0.25, 0.3) is 0 Å². The van der Waals surface area contributed by atoms with Crippen molar-refractivity contribution >= 4 is 38.8 Å². The molecule has 0 spiro atoms. The fraction of sp³-hybridized carbons (Fsp3) is 0.733. The molecule has 0 bridgehead atoms. The van der Waals surface area contributed by atoms with Crippen LogP contribution in [0.5, 0.6) is 0 Å². The minimum absolute atomic E-state index is 0.0227. The van der Waals surface area contributed by atoms with Gasteiger partial charge in [-0.15, -0.1) is 11.3 Å². The predicted molar refractivity (Wildman–Crippen MR) is 95.3 cm³/mol. The van der Waals surface area contributed by atoms with Crippen molar-refractivity contribution in [1.82, 2.24) is 9.88 Å². The molecule has 1 aromatic rings. The number of carbonyl (C=O) groups excluding carboxylic acids is 1. The molecule has 0 saturated carbocycles. The Bertz CT molecular complexity index is 683. The lowest BCUT2D eigenvalue weighted by Crippen LogP contribution is -2.46. The lowest BCUT2D eigenvalue weighted by molar-refractivity contribution is -0.131. The van der Waals surface area contributed by atoms with Gasteiger partial charge in [0.15, 0.2) is 14.2 Å². The number of rotatable bonds is 6. The topological polar surface area (TPSA) is 76.6 Å². The summed E-state index contributed by atoms with van der Waals surface area (Å²) < 4.78 is 30.1. The van der Waals surface area contributed by atoms with Crippen molar-refractivity contribution in [3.8, 4) is 0 Å². The van der Waals surface area contributed by atoms with Crippen LogP contribution in [-0.4, -0.2) is 66.8 Å². The van der Waals surface area contributed by atoms with E-state index in [1.807, 2.05) is 12.3 Å². The Labute approximate surface area is 150 Å². The van der Waals surface area contributed by atoms with Gasteiger partial charge >= 0.3 is 0 Å². The van der Waals surface area contributed by atoms with Crippen LogP contribution >= 0.6 is 23.1 Å². The van der Waals surface area contributed by atoms with Crippen molar-refractivity contribution in [2.45, 2.75) is 42.7 Å². The molecule has 134 valence electrons. The minimum atomic E-state index is -3.02. The highest BCUT2D eigenvalue weighted by molar-refractivity contribution is 8.01. The first-order valence-electron chi connectivity index (χ1n) is 8.09. The maximum Gasteiger partial charge on any atom is 0.233 e. The van der Waals surface area contributed by atoms with E-state index in [1.54, 1.807) is 4.90 Å². The van der Waals surface area contributed by atoms with Gasteiger partial charge < -0.3 is 9.64 Å². The van der Waals surface area contributed by atoms with Crippen LogP contribution in [-0.2, 0) is 19.4 Å². The summed E-state index contributed by atoms with van der Waals surface area (Å²) in [6.07, 6.45) is 2.50. The summed E-state index contributed by atoms with van der Waals surface area (Å²) in [6, 6.07) is -0.217. The smallest absolute Gasteiger partial charge is 0.233 e. The highest BCUT2D eigenvalue weighted by atomic mass is 32.2. The molecule has 3 heterocycles. The second-order valence-electron chi connectivity index (χ2n) is 6.28. The van der Waals surface area contributed by atoms with Crippen LogP contribution < -0.4 is 0 Å². The van der Waals surface area contributed by atoms with Crippen molar-refractivity contribution in [1.29, 1.82) is 0 Å². The van der Waals surface area contributed by atoms with E-state index in [-0.39, 0.29) is 35.3 Å². The molecule has 24 heavy (non-hydrogen) atoms. The summed E-state index contributed by atoms with van der Waals surface area (Å²) in [6.45, 7) is 3.15. The van der Waals surface area contributed by atoms with Gasteiger partial charge in [0.2, 0.25) is 5.91 Å². The number of hydrogen-bond donors (Lipinski definition) is 0. The molecule has 0 radical (unpaired) electrons. The van der Waals surface area contributed by atoms with Crippen LogP contribution in [0.1, 0.15) is 25.0 Å². The second-order valence-corrected chi connectivity index (χ2v) is 10.6. The van der Waals surface area contributed by atoms with Gasteiger partial charge in [-0.1, -0.05) is 11.8 Å². The minimum Gasteiger partial charge on any atom is -0.376 e. The maximum absolute atomic E-state index is 12.7. The summed E-state index contributed by atoms with van der Waals surface area (Å²) in [5, 5.41) is 1.96. The summed E-state index contributed by atoms with van der Waals surface area (Å²) in [4.78, 5) is 18.8. The number of thiazole rings is 1. The van der Waals surface area contributed by atoms with E-state index in [9.17, 15) is 13.2 Å². The number of aromatic nitrogens is 1. The number of amides is 1. The van der Waals surface area contributed by atoms with Crippen molar-refractivity contribution in [2.24, 2.45) is 0 Å². The Kier molecular flexibility index (Phi) is 5.84. The molecule has 2 atom stereocenters. The third-order valence-corrected chi connectivity index (χ3v) is 8.18. The zero-order chi connectivity index (χ0) is 17.2. The quantitative estimate of drug-likeness (QED) is 0.689. The first-order valence-corrected chi connectivity index (χ1v) is 11.8. The first-order chi connectivity index (χ1) is 11.4. The summed E-state index contributed by atoms with van der Waals surface area (Å²) >= 11 is 2.95. The summed E-state index contributed by atoms with van der Waals surface area (Å²) in [5.41, 5.74) is 0.952. The number of nitrogens with zero attached hydrogens (tertiary/aromatic N) is 2. The number of sulfone groups is 1. The molecule has 0 unspecified atom stereocenters. The number of aryl methyl sites for hydroxylation is 1. The number of carbonyl (C=O) groups is 1. The van der Waals surface area contributed by atoms with E-state index in [0.717, 1.165) is 29.5 Å². The van der Waals surface area contributed by atoms with Crippen LogP contribution in [0.4, 0.5) is 0 Å². The van der Waals surface area contributed by atoms with E-state index < -0.39 is 9.84 Å². The highest BCUT2D eigenvalue weighted by Gasteiger charge is 2.36. The third-order valence-electron chi connectivity index (χ3n) is 4.31. The average Bonchev–Trinajstić information content (AvgIpc) is 3.24. The zero-order valence-corrected chi connectivity index (χ0v) is 16.1. The zero-order valence-electron chi connectivity index (χ0n) is 13.6. The molecule has 2 aliphatic rings.